The predicted octanol–water partition coefficient (Wildman–Crippen LogP) is 2.38. The van der Waals surface area contributed by atoms with E-state index in [-0.39, 0.29) is 29.8 Å². The van der Waals surface area contributed by atoms with Gasteiger partial charge in [0.25, 0.3) is 11.5 Å². The van der Waals surface area contributed by atoms with Gasteiger partial charge in [0, 0.05) is 24.7 Å². The average molecular weight is 323 g/mol. The van der Waals surface area contributed by atoms with E-state index in [1.165, 1.54) is 10.6 Å². The summed E-state index contributed by atoms with van der Waals surface area (Å²) < 4.78 is 7.07. The zero-order valence-corrected chi connectivity index (χ0v) is 13.2. The highest BCUT2D eigenvalue weighted by molar-refractivity contribution is 5.91. The molecule has 3 aromatic heterocycles. The maximum absolute atomic E-state index is 12.3. The third-order valence-corrected chi connectivity index (χ3v) is 3.66. The van der Waals surface area contributed by atoms with Gasteiger partial charge >= 0.3 is 0 Å². The zero-order valence-electron chi connectivity index (χ0n) is 13.2. The van der Waals surface area contributed by atoms with Gasteiger partial charge in [0.05, 0.1) is 12.6 Å². The van der Waals surface area contributed by atoms with Crippen LogP contribution in [0.5, 0.6) is 0 Å². The monoisotopic (exact) mass is 323 g/mol. The van der Waals surface area contributed by atoms with Crippen molar-refractivity contribution >= 4 is 5.91 Å². The number of hydrogen-bond acceptors (Lipinski definition) is 4. The van der Waals surface area contributed by atoms with E-state index in [1.54, 1.807) is 42.9 Å². The van der Waals surface area contributed by atoms with Crippen LogP contribution >= 0.6 is 0 Å². The molecule has 3 heterocycles. The van der Waals surface area contributed by atoms with E-state index in [9.17, 15) is 9.59 Å². The number of nitrogens with one attached hydrogen (secondary N) is 1. The lowest BCUT2D eigenvalue weighted by molar-refractivity contribution is 0.0910. The van der Waals surface area contributed by atoms with Gasteiger partial charge in [-0.3, -0.25) is 14.6 Å². The van der Waals surface area contributed by atoms with Crippen molar-refractivity contribution < 1.29 is 9.21 Å². The van der Waals surface area contributed by atoms with Crippen LogP contribution in [0.2, 0.25) is 0 Å². The number of furan rings is 1. The van der Waals surface area contributed by atoms with Crippen LogP contribution in [-0.4, -0.2) is 15.5 Å². The Balaban J connectivity index is 1.68. The molecular weight excluding hydrogens is 306 g/mol. The number of amides is 1. The number of carbonyl (C=O) groups excluding carboxylic acids is 1. The molecule has 0 aliphatic rings. The number of pyridine rings is 2. The van der Waals surface area contributed by atoms with Gasteiger partial charge in [-0.25, -0.2) is 0 Å². The molecule has 1 N–H and O–H groups in total. The highest BCUT2D eigenvalue weighted by atomic mass is 16.4. The number of carbonyl (C=O) groups is 1. The molecule has 3 aromatic rings. The number of aromatic nitrogens is 2. The molecule has 0 fully saturated rings. The van der Waals surface area contributed by atoms with Crippen molar-refractivity contribution in [1.82, 2.24) is 14.9 Å². The summed E-state index contributed by atoms with van der Waals surface area (Å²) in [5.41, 5.74) is 0.840. The van der Waals surface area contributed by atoms with Crippen molar-refractivity contribution in [3.63, 3.8) is 0 Å². The van der Waals surface area contributed by atoms with Crippen LogP contribution in [0.3, 0.4) is 0 Å². The molecule has 1 atom stereocenters. The number of hydrogen-bond donors (Lipinski definition) is 1. The summed E-state index contributed by atoms with van der Waals surface area (Å²) in [7, 11) is 0. The van der Waals surface area contributed by atoms with Crippen LogP contribution in [0.25, 0.3) is 0 Å². The first-order valence-electron chi connectivity index (χ1n) is 7.58. The summed E-state index contributed by atoms with van der Waals surface area (Å²) in [5.74, 6) is 0.464. The molecule has 0 spiro atoms. The van der Waals surface area contributed by atoms with Gasteiger partial charge in [0.15, 0.2) is 5.76 Å². The SMILES string of the molecule is CC(NC(=O)c1ccc(Cn2ccccc2=O)o1)c1ccncc1. The molecule has 0 aromatic carbocycles. The molecular formula is C18H17N3O3. The summed E-state index contributed by atoms with van der Waals surface area (Å²) >= 11 is 0. The fraction of sp³-hybridized carbons (Fsp3) is 0.167. The number of rotatable bonds is 5. The van der Waals surface area contributed by atoms with Gasteiger partial charge in [-0.1, -0.05) is 6.07 Å². The first-order chi connectivity index (χ1) is 11.6. The molecule has 3 rings (SSSR count). The van der Waals surface area contributed by atoms with Crippen LogP contribution in [0.4, 0.5) is 0 Å². The van der Waals surface area contributed by atoms with E-state index in [0.29, 0.717) is 5.76 Å². The second-order valence-corrected chi connectivity index (χ2v) is 5.41. The average Bonchev–Trinajstić information content (AvgIpc) is 3.06. The van der Waals surface area contributed by atoms with Gasteiger partial charge in [0.2, 0.25) is 0 Å². The summed E-state index contributed by atoms with van der Waals surface area (Å²) in [6.45, 7) is 2.17. The number of nitrogens with zero attached hydrogens (tertiary/aromatic N) is 2. The van der Waals surface area contributed by atoms with E-state index < -0.39 is 0 Å². The molecule has 0 bridgehead atoms. The molecule has 0 aliphatic carbocycles. The van der Waals surface area contributed by atoms with Crippen molar-refractivity contribution in [1.29, 1.82) is 0 Å². The first kappa shape index (κ1) is 15.7. The van der Waals surface area contributed by atoms with E-state index in [4.69, 9.17) is 4.42 Å². The standard InChI is InChI=1S/C18H17N3O3/c1-13(14-7-9-19-10-8-14)20-18(23)16-6-5-15(24-16)12-21-11-3-2-4-17(21)22/h2-11,13H,12H2,1H3,(H,20,23). The molecule has 6 heteroatoms. The lowest BCUT2D eigenvalue weighted by Gasteiger charge is -2.12. The summed E-state index contributed by atoms with van der Waals surface area (Å²) in [6.07, 6.45) is 5.04. The van der Waals surface area contributed by atoms with Gasteiger partial charge < -0.3 is 14.3 Å². The molecule has 122 valence electrons. The maximum Gasteiger partial charge on any atom is 0.287 e. The second-order valence-electron chi connectivity index (χ2n) is 5.41. The van der Waals surface area contributed by atoms with E-state index >= 15 is 0 Å². The smallest absolute Gasteiger partial charge is 0.287 e. The molecule has 1 amide bonds. The Morgan fingerprint density at radius 2 is 2.00 bits per heavy atom. The second kappa shape index (κ2) is 6.95. The molecule has 0 radical (unpaired) electrons. The van der Waals surface area contributed by atoms with E-state index in [0.717, 1.165) is 5.56 Å². The van der Waals surface area contributed by atoms with Crippen LogP contribution in [-0.2, 0) is 6.54 Å². The Bertz CT molecular complexity index is 884. The summed E-state index contributed by atoms with van der Waals surface area (Å²) in [4.78, 5) is 27.9. The highest BCUT2D eigenvalue weighted by Crippen LogP contribution is 2.13. The first-order valence-corrected chi connectivity index (χ1v) is 7.58. The van der Waals surface area contributed by atoms with Crippen molar-refractivity contribution in [2.45, 2.75) is 19.5 Å². The maximum atomic E-state index is 12.3. The largest absolute Gasteiger partial charge is 0.454 e. The Hall–Kier alpha value is -3.15. The minimum absolute atomic E-state index is 0.119. The van der Waals surface area contributed by atoms with Gasteiger partial charge in [-0.05, 0) is 42.8 Å². The highest BCUT2D eigenvalue weighted by Gasteiger charge is 2.15. The van der Waals surface area contributed by atoms with E-state index in [1.807, 2.05) is 19.1 Å². The van der Waals surface area contributed by atoms with Crippen molar-refractivity contribution in [3.8, 4) is 0 Å². The van der Waals surface area contributed by atoms with Gasteiger partial charge in [0.1, 0.15) is 5.76 Å². The lowest BCUT2D eigenvalue weighted by Crippen LogP contribution is -2.26. The Morgan fingerprint density at radius 3 is 2.75 bits per heavy atom. The van der Waals surface area contributed by atoms with E-state index in [2.05, 4.69) is 10.3 Å². The molecule has 6 nitrogen and oxygen atoms in total. The molecule has 0 saturated heterocycles. The zero-order chi connectivity index (χ0) is 16.9. The van der Waals surface area contributed by atoms with Gasteiger partial charge in [-0.15, -0.1) is 0 Å². The predicted molar refractivity (Wildman–Crippen MR) is 88.6 cm³/mol. The normalized spacial score (nSPS) is 11.9. The third kappa shape index (κ3) is 3.60. The minimum atomic E-state index is -0.300. The summed E-state index contributed by atoms with van der Waals surface area (Å²) in [5, 5.41) is 2.87. The minimum Gasteiger partial charge on any atom is -0.454 e. The molecule has 24 heavy (non-hydrogen) atoms. The van der Waals surface area contributed by atoms with Crippen LogP contribution in [0, 0.1) is 0 Å². The molecule has 1 unspecified atom stereocenters. The molecule has 0 saturated carbocycles. The quantitative estimate of drug-likeness (QED) is 0.782. The topological polar surface area (TPSA) is 77.1 Å². The van der Waals surface area contributed by atoms with Crippen molar-refractivity contribution in [3.05, 3.63) is 88.5 Å². The Kier molecular flexibility index (Phi) is 4.56. The Labute approximate surface area is 138 Å². The fourth-order valence-corrected chi connectivity index (χ4v) is 2.35. The van der Waals surface area contributed by atoms with Crippen LogP contribution in [0.1, 0.15) is 34.8 Å². The molecule has 0 aliphatic heterocycles. The van der Waals surface area contributed by atoms with Crippen molar-refractivity contribution in [2.24, 2.45) is 0 Å². The van der Waals surface area contributed by atoms with Crippen LogP contribution < -0.4 is 10.9 Å². The Morgan fingerprint density at radius 1 is 1.21 bits per heavy atom. The third-order valence-electron chi connectivity index (χ3n) is 3.66. The summed E-state index contributed by atoms with van der Waals surface area (Å²) in [6, 6.07) is 11.8. The van der Waals surface area contributed by atoms with Crippen LogP contribution in [0.15, 0.2) is 70.3 Å². The fourth-order valence-electron chi connectivity index (χ4n) is 2.35. The van der Waals surface area contributed by atoms with Crippen molar-refractivity contribution in [2.75, 3.05) is 0 Å². The van der Waals surface area contributed by atoms with Gasteiger partial charge in [-0.2, -0.15) is 0 Å². The lowest BCUT2D eigenvalue weighted by atomic mass is 10.1.